The van der Waals surface area contributed by atoms with E-state index in [0.717, 1.165) is 73.0 Å². The Morgan fingerprint density at radius 3 is 2.50 bits per heavy atom. The molecule has 3 aromatic rings. The second-order valence-electron chi connectivity index (χ2n) is 10.1. The third-order valence-electron chi connectivity index (χ3n) is 7.26. The standard InChI is InChI=1S/C29H35N3O2/c1-20-6-8-22(9-7-20)10-13-27(34)32(25-11-12-25)19-24-18-23-5-3-4-21(2)28(23)30-29(24)31-16-14-26(33)15-17-31/h3-9,18,25-26,33H,10-17,19H2,1-2H3. The lowest BCUT2D eigenvalue weighted by Crippen LogP contribution is -2.38. The molecule has 5 nitrogen and oxygen atoms in total. The van der Waals surface area contributed by atoms with E-state index in [1.165, 1.54) is 11.1 Å². The van der Waals surface area contributed by atoms with Gasteiger partial charge in [0.15, 0.2) is 0 Å². The zero-order valence-corrected chi connectivity index (χ0v) is 20.3. The van der Waals surface area contributed by atoms with E-state index in [-0.39, 0.29) is 12.0 Å². The summed E-state index contributed by atoms with van der Waals surface area (Å²) in [4.78, 5) is 22.9. The van der Waals surface area contributed by atoms with Gasteiger partial charge in [0, 0.05) is 43.0 Å². The fourth-order valence-electron chi connectivity index (χ4n) is 4.99. The molecule has 1 aliphatic carbocycles. The van der Waals surface area contributed by atoms with Gasteiger partial charge < -0.3 is 14.9 Å². The van der Waals surface area contributed by atoms with Crippen LogP contribution < -0.4 is 4.90 Å². The predicted molar refractivity (Wildman–Crippen MR) is 137 cm³/mol. The van der Waals surface area contributed by atoms with Crippen molar-refractivity contribution < 1.29 is 9.90 Å². The van der Waals surface area contributed by atoms with Crippen LogP contribution >= 0.6 is 0 Å². The molecule has 34 heavy (non-hydrogen) atoms. The van der Waals surface area contributed by atoms with Crippen LogP contribution in [0.15, 0.2) is 48.5 Å². The van der Waals surface area contributed by atoms with Crippen molar-refractivity contribution in [3.05, 3.63) is 70.8 Å². The number of aromatic nitrogens is 1. The number of aryl methyl sites for hydroxylation is 3. The normalized spacial score (nSPS) is 16.7. The zero-order chi connectivity index (χ0) is 23.7. The van der Waals surface area contributed by atoms with Gasteiger partial charge in [-0.25, -0.2) is 4.98 Å². The lowest BCUT2D eigenvalue weighted by Gasteiger charge is -2.33. The number of anilines is 1. The van der Waals surface area contributed by atoms with Gasteiger partial charge in [-0.3, -0.25) is 4.79 Å². The van der Waals surface area contributed by atoms with Crippen LogP contribution in [0.3, 0.4) is 0 Å². The SMILES string of the molecule is Cc1ccc(CCC(=O)N(Cc2cc3cccc(C)c3nc2N2CCC(O)CC2)C2CC2)cc1. The van der Waals surface area contributed by atoms with Crippen LogP contribution in [-0.4, -0.2) is 46.1 Å². The number of hydrogen-bond acceptors (Lipinski definition) is 4. The maximum Gasteiger partial charge on any atom is 0.223 e. The average molecular weight is 458 g/mol. The number of rotatable bonds is 7. The molecule has 1 N–H and O–H groups in total. The molecule has 5 rings (SSSR count). The lowest BCUT2D eigenvalue weighted by atomic mass is 10.0. The zero-order valence-electron chi connectivity index (χ0n) is 20.3. The fraction of sp³-hybridized carbons (Fsp3) is 0.448. The maximum atomic E-state index is 13.4. The Morgan fingerprint density at radius 2 is 1.79 bits per heavy atom. The summed E-state index contributed by atoms with van der Waals surface area (Å²) in [6, 6.07) is 17.4. The van der Waals surface area contributed by atoms with Crippen molar-refractivity contribution in [1.29, 1.82) is 0 Å². The molecule has 2 heterocycles. The number of carbonyl (C=O) groups is 1. The van der Waals surface area contributed by atoms with E-state index < -0.39 is 0 Å². The third kappa shape index (κ3) is 5.10. The molecule has 178 valence electrons. The van der Waals surface area contributed by atoms with E-state index >= 15 is 0 Å². The first kappa shape index (κ1) is 22.9. The largest absolute Gasteiger partial charge is 0.393 e. The van der Waals surface area contributed by atoms with Crippen LogP contribution in [0.2, 0.25) is 0 Å². The van der Waals surface area contributed by atoms with E-state index in [1.807, 2.05) is 0 Å². The van der Waals surface area contributed by atoms with Crippen molar-refractivity contribution in [3.63, 3.8) is 0 Å². The number of amides is 1. The van der Waals surface area contributed by atoms with Crippen molar-refractivity contribution in [2.75, 3.05) is 18.0 Å². The summed E-state index contributed by atoms with van der Waals surface area (Å²) in [6.07, 6.45) is 4.76. The highest BCUT2D eigenvalue weighted by Crippen LogP contribution is 2.33. The highest BCUT2D eigenvalue weighted by molar-refractivity contribution is 5.85. The second kappa shape index (κ2) is 9.75. The first-order chi connectivity index (χ1) is 16.5. The molecule has 0 spiro atoms. The smallest absolute Gasteiger partial charge is 0.223 e. The van der Waals surface area contributed by atoms with Gasteiger partial charge in [-0.1, -0.05) is 48.0 Å². The summed E-state index contributed by atoms with van der Waals surface area (Å²) in [5.74, 6) is 1.21. The molecular formula is C29H35N3O2. The molecular weight excluding hydrogens is 422 g/mol. The summed E-state index contributed by atoms with van der Waals surface area (Å²) in [5.41, 5.74) is 5.76. The Balaban J connectivity index is 1.41. The van der Waals surface area contributed by atoms with E-state index in [1.54, 1.807) is 0 Å². The summed E-state index contributed by atoms with van der Waals surface area (Å²) in [6.45, 7) is 6.38. The van der Waals surface area contributed by atoms with E-state index in [9.17, 15) is 9.90 Å². The highest BCUT2D eigenvalue weighted by Gasteiger charge is 2.33. The average Bonchev–Trinajstić information content (AvgIpc) is 3.68. The minimum absolute atomic E-state index is 0.229. The number of aliphatic hydroxyl groups is 1. The topological polar surface area (TPSA) is 56.7 Å². The predicted octanol–water partition coefficient (Wildman–Crippen LogP) is 4.94. The molecule has 0 unspecified atom stereocenters. The quantitative estimate of drug-likeness (QED) is 0.546. The molecule has 2 aliphatic rings. The number of para-hydroxylation sites is 1. The molecule has 0 radical (unpaired) electrons. The van der Waals surface area contributed by atoms with E-state index in [2.05, 4.69) is 72.2 Å². The molecule has 5 heteroatoms. The van der Waals surface area contributed by atoms with Crippen LogP contribution in [0.25, 0.3) is 10.9 Å². The van der Waals surface area contributed by atoms with Crippen LogP contribution in [0.5, 0.6) is 0 Å². The van der Waals surface area contributed by atoms with Gasteiger partial charge in [0.2, 0.25) is 5.91 Å². The summed E-state index contributed by atoms with van der Waals surface area (Å²) < 4.78 is 0. The Bertz CT molecular complexity index is 1160. The first-order valence-electron chi connectivity index (χ1n) is 12.7. The van der Waals surface area contributed by atoms with Gasteiger partial charge in [0.25, 0.3) is 0 Å². The molecule has 1 saturated heterocycles. The first-order valence-corrected chi connectivity index (χ1v) is 12.7. The lowest BCUT2D eigenvalue weighted by molar-refractivity contribution is -0.132. The third-order valence-corrected chi connectivity index (χ3v) is 7.26. The number of carbonyl (C=O) groups excluding carboxylic acids is 1. The molecule has 2 aromatic carbocycles. The number of aliphatic hydroxyl groups excluding tert-OH is 1. The highest BCUT2D eigenvalue weighted by atomic mass is 16.3. The number of benzene rings is 2. The van der Waals surface area contributed by atoms with Crippen molar-refractivity contribution in [3.8, 4) is 0 Å². The van der Waals surface area contributed by atoms with Crippen LogP contribution in [0.1, 0.15) is 54.4 Å². The number of nitrogens with zero attached hydrogens (tertiary/aromatic N) is 3. The molecule has 2 fully saturated rings. The Morgan fingerprint density at radius 1 is 1.06 bits per heavy atom. The van der Waals surface area contributed by atoms with Gasteiger partial charge in [-0.05, 0) is 63.1 Å². The second-order valence-corrected chi connectivity index (χ2v) is 10.1. The number of hydrogen-bond donors (Lipinski definition) is 1. The number of piperidine rings is 1. The summed E-state index contributed by atoms with van der Waals surface area (Å²) in [5, 5.41) is 11.2. The minimum atomic E-state index is -0.229. The van der Waals surface area contributed by atoms with Gasteiger partial charge in [-0.2, -0.15) is 0 Å². The van der Waals surface area contributed by atoms with Crippen molar-refractivity contribution in [1.82, 2.24) is 9.88 Å². The number of fused-ring (bicyclic) bond motifs is 1. The van der Waals surface area contributed by atoms with Crippen LogP contribution in [0.4, 0.5) is 5.82 Å². The molecule has 0 atom stereocenters. The molecule has 1 aromatic heterocycles. The summed E-state index contributed by atoms with van der Waals surface area (Å²) >= 11 is 0. The Labute approximate surface area is 202 Å². The van der Waals surface area contributed by atoms with Crippen molar-refractivity contribution >= 4 is 22.6 Å². The monoisotopic (exact) mass is 457 g/mol. The molecule has 1 aliphatic heterocycles. The van der Waals surface area contributed by atoms with Crippen LogP contribution in [-0.2, 0) is 17.8 Å². The Hall–Kier alpha value is -2.92. The van der Waals surface area contributed by atoms with Gasteiger partial charge in [0.05, 0.1) is 11.6 Å². The maximum absolute atomic E-state index is 13.4. The van der Waals surface area contributed by atoms with E-state index in [0.29, 0.717) is 19.0 Å². The van der Waals surface area contributed by atoms with Gasteiger partial charge >= 0.3 is 0 Å². The van der Waals surface area contributed by atoms with Crippen LogP contribution in [0, 0.1) is 13.8 Å². The van der Waals surface area contributed by atoms with E-state index in [4.69, 9.17) is 4.98 Å². The minimum Gasteiger partial charge on any atom is -0.393 e. The molecule has 1 amide bonds. The molecule has 0 bridgehead atoms. The Kier molecular flexibility index (Phi) is 6.55. The van der Waals surface area contributed by atoms with Gasteiger partial charge in [-0.15, -0.1) is 0 Å². The number of pyridine rings is 1. The fourth-order valence-corrected chi connectivity index (χ4v) is 4.99. The van der Waals surface area contributed by atoms with Gasteiger partial charge in [0.1, 0.15) is 5.82 Å². The molecule has 1 saturated carbocycles. The van der Waals surface area contributed by atoms with Crippen molar-refractivity contribution in [2.45, 2.75) is 71.1 Å². The van der Waals surface area contributed by atoms with Crippen molar-refractivity contribution in [2.24, 2.45) is 0 Å². The summed E-state index contributed by atoms with van der Waals surface area (Å²) in [7, 11) is 0.